The Morgan fingerprint density at radius 1 is 1.52 bits per heavy atom. The molecule has 1 aliphatic carbocycles. The molecule has 2 heterocycles. The van der Waals surface area contributed by atoms with E-state index in [0.29, 0.717) is 25.3 Å². The molecule has 0 spiro atoms. The molecular weight excluding hydrogens is 270 g/mol. The number of amides is 1. The van der Waals surface area contributed by atoms with Crippen LogP contribution in [0.1, 0.15) is 41.2 Å². The summed E-state index contributed by atoms with van der Waals surface area (Å²) in [7, 11) is 1.81. The lowest BCUT2D eigenvalue weighted by atomic mass is 10.0. The van der Waals surface area contributed by atoms with E-state index in [1.807, 2.05) is 7.05 Å². The maximum absolute atomic E-state index is 12.5. The van der Waals surface area contributed by atoms with E-state index < -0.39 is 0 Å². The monoisotopic (exact) mass is 293 g/mol. The van der Waals surface area contributed by atoms with Gasteiger partial charge in [0.1, 0.15) is 0 Å². The average molecular weight is 293 g/mol. The van der Waals surface area contributed by atoms with Gasteiger partial charge in [-0.25, -0.2) is 0 Å². The molecular formula is C15H23N3O3. The SMILES string of the molecule is CN(CCOCC1CC1)C(=O)c1cn[nH]c1C1CCOC1. The van der Waals surface area contributed by atoms with E-state index in [9.17, 15) is 4.79 Å². The van der Waals surface area contributed by atoms with E-state index in [-0.39, 0.29) is 11.8 Å². The maximum atomic E-state index is 12.5. The van der Waals surface area contributed by atoms with Crippen LogP contribution in [0, 0.1) is 5.92 Å². The number of likely N-dealkylation sites (N-methyl/N-ethyl adjacent to an activating group) is 1. The van der Waals surface area contributed by atoms with Crippen LogP contribution in [-0.2, 0) is 9.47 Å². The average Bonchev–Trinajstić information content (AvgIpc) is 2.97. The number of aromatic nitrogens is 2. The first-order valence-corrected chi connectivity index (χ1v) is 7.70. The fourth-order valence-corrected chi connectivity index (χ4v) is 2.58. The van der Waals surface area contributed by atoms with Crippen LogP contribution in [0.3, 0.4) is 0 Å². The third kappa shape index (κ3) is 3.63. The Labute approximate surface area is 124 Å². The normalized spacial score (nSPS) is 21.7. The minimum absolute atomic E-state index is 0.000622. The summed E-state index contributed by atoms with van der Waals surface area (Å²) >= 11 is 0. The van der Waals surface area contributed by atoms with Crippen molar-refractivity contribution in [3.05, 3.63) is 17.5 Å². The van der Waals surface area contributed by atoms with Gasteiger partial charge in [-0.05, 0) is 25.2 Å². The molecule has 0 radical (unpaired) electrons. The summed E-state index contributed by atoms with van der Waals surface area (Å²) in [5.41, 5.74) is 1.57. The Morgan fingerprint density at radius 3 is 3.10 bits per heavy atom. The number of carbonyl (C=O) groups excluding carboxylic acids is 1. The van der Waals surface area contributed by atoms with E-state index >= 15 is 0 Å². The highest BCUT2D eigenvalue weighted by Crippen LogP contribution is 2.29. The summed E-state index contributed by atoms with van der Waals surface area (Å²) < 4.78 is 11.0. The summed E-state index contributed by atoms with van der Waals surface area (Å²) in [6.07, 6.45) is 5.14. The van der Waals surface area contributed by atoms with E-state index in [4.69, 9.17) is 9.47 Å². The highest BCUT2D eigenvalue weighted by Gasteiger charge is 2.26. The number of carbonyl (C=O) groups is 1. The summed E-state index contributed by atoms with van der Waals surface area (Å²) in [6.45, 7) is 3.45. The van der Waals surface area contributed by atoms with Crippen molar-refractivity contribution in [2.45, 2.75) is 25.2 Å². The summed E-state index contributed by atoms with van der Waals surface area (Å²) in [6, 6.07) is 0. The predicted molar refractivity (Wildman–Crippen MR) is 77.3 cm³/mol. The molecule has 1 aromatic heterocycles. The van der Waals surface area contributed by atoms with Gasteiger partial charge < -0.3 is 14.4 Å². The smallest absolute Gasteiger partial charge is 0.257 e. The Bertz CT molecular complexity index is 478. The Hall–Kier alpha value is -1.40. The molecule has 1 amide bonds. The van der Waals surface area contributed by atoms with E-state index in [2.05, 4.69) is 10.2 Å². The lowest BCUT2D eigenvalue weighted by molar-refractivity contribution is 0.0679. The van der Waals surface area contributed by atoms with Crippen molar-refractivity contribution in [3.63, 3.8) is 0 Å². The van der Waals surface area contributed by atoms with Gasteiger partial charge in [-0.15, -0.1) is 0 Å². The van der Waals surface area contributed by atoms with Gasteiger partial charge in [0, 0.05) is 32.7 Å². The molecule has 1 saturated heterocycles. The molecule has 2 fully saturated rings. The fraction of sp³-hybridized carbons (Fsp3) is 0.733. The van der Waals surface area contributed by atoms with Gasteiger partial charge in [0.05, 0.1) is 30.7 Å². The van der Waals surface area contributed by atoms with E-state index in [1.54, 1.807) is 11.1 Å². The second-order valence-electron chi connectivity index (χ2n) is 6.00. The molecule has 2 aliphatic rings. The van der Waals surface area contributed by atoms with Crippen molar-refractivity contribution in [2.75, 3.05) is 40.0 Å². The zero-order valence-electron chi connectivity index (χ0n) is 12.5. The number of nitrogens with zero attached hydrogens (tertiary/aromatic N) is 2. The van der Waals surface area contributed by atoms with Gasteiger partial charge in [-0.2, -0.15) is 5.10 Å². The molecule has 1 unspecified atom stereocenters. The van der Waals surface area contributed by atoms with Crippen LogP contribution in [0.5, 0.6) is 0 Å². The van der Waals surface area contributed by atoms with Crippen LogP contribution in [0.15, 0.2) is 6.20 Å². The molecule has 0 bridgehead atoms. The van der Waals surface area contributed by atoms with Crippen LogP contribution in [0.25, 0.3) is 0 Å². The first kappa shape index (κ1) is 14.5. The van der Waals surface area contributed by atoms with Crippen molar-refractivity contribution >= 4 is 5.91 Å². The first-order chi connectivity index (χ1) is 10.3. The third-order valence-corrected chi connectivity index (χ3v) is 4.21. The van der Waals surface area contributed by atoms with E-state index in [1.165, 1.54) is 12.8 Å². The Morgan fingerprint density at radius 2 is 2.38 bits per heavy atom. The van der Waals surface area contributed by atoms with Crippen molar-refractivity contribution in [2.24, 2.45) is 5.92 Å². The minimum Gasteiger partial charge on any atom is -0.381 e. The zero-order chi connectivity index (χ0) is 14.7. The standard InChI is InChI=1S/C15H23N3O3/c1-18(5-7-21-9-11-2-3-11)15(19)13-8-16-17-14(13)12-4-6-20-10-12/h8,11-12H,2-7,9-10H2,1H3,(H,16,17). The molecule has 21 heavy (non-hydrogen) atoms. The molecule has 6 heteroatoms. The summed E-state index contributed by atoms with van der Waals surface area (Å²) in [5.74, 6) is 1.01. The highest BCUT2D eigenvalue weighted by molar-refractivity contribution is 5.95. The maximum Gasteiger partial charge on any atom is 0.257 e. The van der Waals surface area contributed by atoms with Gasteiger partial charge >= 0.3 is 0 Å². The van der Waals surface area contributed by atoms with Crippen molar-refractivity contribution in [3.8, 4) is 0 Å². The second kappa shape index (κ2) is 6.58. The number of ether oxygens (including phenoxy) is 2. The molecule has 1 aliphatic heterocycles. The molecule has 6 nitrogen and oxygen atoms in total. The molecule has 0 aromatic carbocycles. The molecule has 116 valence electrons. The van der Waals surface area contributed by atoms with Crippen LogP contribution in [0.2, 0.25) is 0 Å². The van der Waals surface area contributed by atoms with Gasteiger partial charge in [0.2, 0.25) is 0 Å². The number of aromatic amines is 1. The summed E-state index contributed by atoms with van der Waals surface area (Å²) in [5, 5.41) is 7.00. The minimum atomic E-state index is 0.000622. The van der Waals surface area contributed by atoms with Crippen molar-refractivity contribution in [1.82, 2.24) is 15.1 Å². The van der Waals surface area contributed by atoms with Crippen LogP contribution in [-0.4, -0.2) is 61.0 Å². The second-order valence-corrected chi connectivity index (χ2v) is 6.00. The number of H-pyrrole nitrogens is 1. The topological polar surface area (TPSA) is 67.5 Å². The number of hydrogen-bond donors (Lipinski definition) is 1. The van der Waals surface area contributed by atoms with Gasteiger partial charge in [-0.3, -0.25) is 9.89 Å². The van der Waals surface area contributed by atoms with E-state index in [0.717, 1.165) is 31.2 Å². The van der Waals surface area contributed by atoms with Gasteiger partial charge in [0.15, 0.2) is 0 Å². The lowest BCUT2D eigenvalue weighted by Gasteiger charge is -2.18. The van der Waals surface area contributed by atoms with Crippen molar-refractivity contribution in [1.29, 1.82) is 0 Å². The number of rotatable bonds is 7. The Balaban J connectivity index is 1.52. The molecule has 1 aromatic rings. The third-order valence-electron chi connectivity index (χ3n) is 4.21. The predicted octanol–water partition coefficient (Wildman–Crippen LogP) is 1.41. The van der Waals surface area contributed by atoms with Crippen LogP contribution < -0.4 is 0 Å². The van der Waals surface area contributed by atoms with Crippen molar-refractivity contribution < 1.29 is 14.3 Å². The summed E-state index contributed by atoms with van der Waals surface area (Å²) in [4.78, 5) is 14.2. The molecule has 1 N–H and O–H groups in total. The van der Waals surface area contributed by atoms with Crippen LogP contribution in [0.4, 0.5) is 0 Å². The molecule has 1 saturated carbocycles. The quantitative estimate of drug-likeness (QED) is 0.772. The molecule has 1 atom stereocenters. The fourth-order valence-electron chi connectivity index (χ4n) is 2.58. The number of hydrogen-bond acceptors (Lipinski definition) is 4. The van der Waals surface area contributed by atoms with Gasteiger partial charge in [0.25, 0.3) is 5.91 Å². The zero-order valence-corrected chi connectivity index (χ0v) is 12.5. The first-order valence-electron chi connectivity index (χ1n) is 7.70. The highest BCUT2D eigenvalue weighted by atomic mass is 16.5. The lowest BCUT2D eigenvalue weighted by Crippen LogP contribution is -2.31. The number of nitrogens with one attached hydrogen (secondary N) is 1. The van der Waals surface area contributed by atoms with Crippen LogP contribution >= 0.6 is 0 Å². The largest absolute Gasteiger partial charge is 0.381 e. The molecule has 3 rings (SSSR count). The van der Waals surface area contributed by atoms with Gasteiger partial charge in [-0.1, -0.05) is 0 Å². The Kier molecular flexibility index (Phi) is 4.55.